The minimum Gasteiger partial charge on any atom is -0.480 e. The lowest BCUT2D eigenvalue weighted by Gasteiger charge is -2.18. The summed E-state index contributed by atoms with van der Waals surface area (Å²) < 4.78 is 0.260. The Morgan fingerprint density at radius 2 is 1.88 bits per heavy atom. The number of carbonyl (C=O) groups is 3. The highest BCUT2D eigenvalue weighted by Crippen LogP contribution is 2.32. The lowest BCUT2D eigenvalue weighted by atomic mass is 10.0. The average Bonchev–Trinajstić information content (AvgIpc) is 3.30. The first-order valence-electron chi connectivity index (χ1n) is 9.80. The number of aromatic nitrogens is 1. The standard InChI is InChI=1S/C23H19N3O4S2/c27-20(13-26-21(28)19(32-23(26)31)10-14-6-2-1-3-7-14)25-18(22(29)30)11-15-12-24-17-9-5-4-8-16(15)17/h1-10,12,18,24H,11,13H2,(H,25,27)(H,29,30)/b19-10-/t18-/m0/s1. The van der Waals surface area contributed by atoms with Crippen molar-refractivity contribution in [3.05, 3.63) is 76.8 Å². The zero-order valence-corrected chi connectivity index (χ0v) is 18.4. The molecule has 3 aromatic rings. The van der Waals surface area contributed by atoms with E-state index in [4.69, 9.17) is 12.2 Å². The Balaban J connectivity index is 1.43. The molecule has 2 aromatic carbocycles. The third-order valence-corrected chi connectivity index (χ3v) is 6.38. The van der Waals surface area contributed by atoms with Gasteiger partial charge in [0.1, 0.15) is 16.9 Å². The molecule has 1 saturated heterocycles. The van der Waals surface area contributed by atoms with Crippen molar-refractivity contribution in [2.45, 2.75) is 12.5 Å². The number of aliphatic carboxylic acids is 1. The third-order valence-electron chi connectivity index (χ3n) is 5.00. The van der Waals surface area contributed by atoms with E-state index in [0.717, 1.165) is 33.8 Å². The number of fused-ring (bicyclic) bond motifs is 1. The molecule has 2 amide bonds. The summed E-state index contributed by atoms with van der Waals surface area (Å²) in [6, 6.07) is 15.7. The van der Waals surface area contributed by atoms with Crippen molar-refractivity contribution >= 4 is 63.1 Å². The maximum Gasteiger partial charge on any atom is 0.326 e. The van der Waals surface area contributed by atoms with Crippen LogP contribution in [0.3, 0.4) is 0 Å². The van der Waals surface area contributed by atoms with E-state index in [-0.39, 0.29) is 23.2 Å². The van der Waals surface area contributed by atoms with Gasteiger partial charge >= 0.3 is 5.97 Å². The topological polar surface area (TPSA) is 103 Å². The SMILES string of the molecule is O=C(CN1C(=O)/C(=C/c2ccccc2)SC1=S)N[C@@H](Cc1c[nH]c2ccccc12)C(=O)O. The van der Waals surface area contributed by atoms with E-state index in [9.17, 15) is 19.5 Å². The molecule has 0 bridgehead atoms. The quantitative estimate of drug-likeness (QED) is 0.366. The van der Waals surface area contributed by atoms with Crippen molar-refractivity contribution in [3.63, 3.8) is 0 Å². The molecular formula is C23H19N3O4S2. The molecule has 0 aliphatic carbocycles. The number of hydrogen-bond acceptors (Lipinski definition) is 5. The van der Waals surface area contributed by atoms with Crippen LogP contribution in [0.2, 0.25) is 0 Å². The summed E-state index contributed by atoms with van der Waals surface area (Å²) in [6.45, 7) is -0.339. The van der Waals surface area contributed by atoms with E-state index >= 15 is 0 Å². The molecule has 1 aliphatic heterocycles. The van der Waals surface area contributed by atoms with Crippen LogP contribution in [-0.2, 0) is 20.8 Å². The molecule has 2 heterocycles. The molecule has 7 nitrogen and oxygen atoms in total. The van der Waals surface area contributed by atoms with Gasteiger partial charge in [0.15, 0.2) is 0 Å². The van der Waals surface area contributed by atoms with Crippen molar-refractivity contribution in [2.24, 2.45) is 0 Å². The van der Waals surface area contributed by atoms with Crippen LogP contribution in [0.15, 0.2) is 65.7 Å². The van der Waals surface area contributed by atoms with Crippen LogP contribution in [0.1, 0.15) is 11.1 Å². The highest BCUT2D eigenvalue weighted by atomic mass is 32.2. The first kappa shape index (κ1) is 21.8. The van der Waals surface area contributed by atoms with Crippen molar-refractivity contribution in [2.75, 3.05) is 6.54 Å². The van der Waals surface area contributed by atoms with E-state index < -0.39 is 17.9 Å². The summed E-state index contributed by atoms with van der Waals surface area (Å²) >= 11 is 6.38. The first-order chi connectivity index (χ1) is 15.4. The number of H-pyrrole nitrogens is 1. The molecule has 162 valence electrons. The number of carbonyl (C=O) groups excluding carboxylic acids is 2. The molecule has 32 heavy (non-hydrogen) atoms. The third kappa shape index (κ3) is 4.74. The Kier molecular flexibility index (Phi) is 6.38. The second kappa shape index (κ2) is 9.37. The fraction of sp³-hybridized carbons (Fsp3) is 0.130. The maximum atomic E-state index is 12.7. The fourth-order valence-corrected chi connectivity index (χ4v) is 4.70. The number of nitrogens with one attached hydrogen (secondary N) is 2. The van der Waals surface area contributed by atoms with Crippen LogP contribution in [0.4, 0.5) is 0 Å². The number of carboxylic acid groups (broad SMARTS) is 1. The Morgan fingerprint density at radius 1 is 1.16 bits per heavy atom. The van der Waals surface area contributed by atoms with E-state index in [0.29, 0.717) is 4.91 Å². The second-order valence-corrected chi connectivity index (χ2v) is 8.88. The molecule has 1 aliphatic rings. The van der Waals surface area contributed by atoms with Gasteiger partial charge in [0.25, 0.3) is 5.91 Å². The van der Waals surface area contributed by atoms with Crippen molar-refractivity contribution in [1.82, 2.24) is 15.2 Å². The fourth-order valence-electron chi connectivity index (χ4n) is 3.44. The number of thioether (sulfide) groups is 1. The number of thiocarbonyl (C=S) groups is 1. The molecule has 0 radical (unpaired) electrons. The van der Waals surface area contributed by atoms with Crippen LogP contribution in [0, 0.1) is 0 Å². The molecule has 1 atom stereocenters. The highest BCUT2D eigenvalue weighted by Gasteiger charge is 2.34. The highest BCUT2D eigenvalue weighted by molar-refractivity contribution is 8.26. The van der Waals surface area contributed by atoms with E-state index in [1.807, 2.05) is 54.6 Å². The molecule has 4 rings (SSSR count). The number of hydrogen-bond donors (Lipinski definition) is 3. The molecule has 1 aromatic heterocycles. The minimum atomic E-state index is -1.15. The normalized spacial score (nSPS) is 16.0. The lowest BCUT2D eigenvalue weighted by Crippen LogP contribution is -2.47. The van der Waals surface area contributed by atoms with Gasteiger partial charge in [-0.2, -0.15) is 0 Å². The van der Waals surface area contributed by atoms with Gasteiger partial charge in [-0.15, -0.1) is 0 Å². The zero-order valence-electron chi connectivity index (χ0n) is 16.8. The Morgan fingerprint density at radius 3 is 2.62 bits per heavy atom. The van der Waals surface area contributed by atoms with Crippen LogP contribution in [0.25, 0.3) is 17.0 Å². The summed E-state index contributed by atoms with van der Waals surface area (Å²) in [4.78, 5) is 41.8. The van der Waals surface area contributed by atoms with Gasteiger partial charge in [-0.1, -0.05) is 72.5 Å². The predicted octanol–water partition coefficient (Wildman–Crippen LogP) is 3.18. The zero-order chi connectivity index (χ0) is 22.7. The summed E-state index contributed by atoms with van der Waals surface area (Å²) in [5, 5.41) is 13.0. The molecule has 9 heteroatoms. The van der Waals surface area contributed by atoms with Crippen LogP contribution in [0.5, 0.6) is 0 Å². The van der Waals surface area contributed by atoms with Gasteiger partial charge in [-0.05, 0) is 23.3 Å². The number of aromatic amines is 1. The van der Waals surface area contributed by atoms with Gasteiger partial charge in [0.2, 0.25) is 5.91 Å². The molecule has 3 N–H and O–H groups in total. The number of rotatable bonds is 7. The number of benzene rings is 2. The number of nitrogens with zero attached hydrogens (tertiary/aromatic N) is 1. The first-order valence-corrected chi connectivity index (χ1v) is 11.0. The average molecular weight is 466 g/mol. The predicted molar refractivity (Wildman–Crippen MR) is 128 cm³/mol. The Labute approximate surface area is 193 Å². The number of amides is 2. The smallest absolute Gasteiger partial charge is 0.326 e. The summed E-state index contributed by atoms with van der Waals surface area (Å²) in [5.41, 5.74) is 2.52. The maximum absolute atomic E-state index is 12.7. The van der Waals surface area contributed by atoms with Gasteiger partial charge in [0, 0.05) is 23.5 Å². The van der Waals surface area contributed by atoms with Gasteiger partial charge in [-0.3, -0.25) is 14.5 Å². The Hall–Kier alpha value is -3.43. The Bertz CT molecular complexity index is 1240. The summed E-state index contributed by atoms with van der Waals surface area (Å²) in [7, 11) is 0. The minimum absolute atomic E-state index is 0.109. The van der Waals surface area contributed by atoms with Crippen molar-refractivity contribution < 1.29 is 19.5 Å². The van der Waals surface area contributed by atoms with Crippen LogP contribution < -0.4 is 5.32 Å². The van der Waals surface area contributed by atoms with Crippen molar-refractivity contribution in [3.8, 4) is 0 Å². The number of para-hydroxylation sites is 1. The molecular weight excluding hydrogens is 446 g/mol. The second-order valence-electron chi connectivity index (χ2n) is 7.20. The molecule has 1 fully saturated rings. The largest absolute Gasteiger partial charge is 0.480 e. The van der Waals surface area contributed by atoms with E-state index in [1.54, 1.807) is 12.3 Å². The van der Waals surface area contributed by atoms with E-state index in [1.165, 1.54) is 4.90 Å². The van der Waals surface area contributed by atoms with Gasteiger partial charge in [0.05, 0.1) is 4.91 Å². The monoisotopic (exact) mass is 465 g/mol. The van der Waals surface area contributed by atoms with E-state index in [2.05, 4.69) is 10.3 Å². The molecule has 0 spiro atoms. The van der Waals surface area contributed by atoms with Gasteiger partial charge in [-0.25, -0.2) is 4.79 Å². The van der Waals surface area contributed by atoms with Crippen LogP contribution in [-0.4, -0.2) is 49.7 Å². The lowest BCUT2D eigenvalue weighted by molar-refractivity contribution is -0.141. The number of carboxylic acids is 1. The molecule has 0 saturated carbocycles. The van der Waals surface area contributed by atoms with Crippen LogP contribution >= 0.6 is 24.0 Å². The summed E-state index contributed by atoms with van der Waals surface area (Å²) in [6.07, 6.45) is 3.56. The van der Waals surface area contributed by atoms with Gasteiger partial charge < -0.3 is 15.4 Å². The van der Waals surface area contributed by atoms with Crippen molar-refractivity contribution in [1.29, 1.82) is 0 Å². The molecule has 0 unspecified atom stereocenters. The summed E-state index contributed by atoms with van der Waals surface area (Å²) in [5.74, 6) is -2.12.